The number of anilines is 1. The fourth-order valence-corrected chi connectivity index (χ4v) is 4.49. The lowest BCUT2D eigenvalue weighted by molar-refractivity contribution is -0.139. The topological polar surface area (TPSA) is 118 Å². The predicted molar refractivity (Wildman–Crippen MR) is 91.7 cm³/mol. The largest absolute Gasteiger partial charge is 0.417 e. The summed E-state index contributed by atoms with van der Waals surface area (Å²) < 4.78 is 65.2. The Kier molecular flexibility index (Phi) is 5.12. The molecule has 0 atom stereocenters. The third-order valence-electron chi connectivity index (χ3n) is 4.67. The fourth-order valence-electron chi connectivity index (χ4n) is 3.34. The van der Waals surface area contributed by atoms with Crippen LogP contribution in [0.25, 0.3) is 11.4 Å². The van der Waals surface area contributed by atoms with Gasteiger partial charge in [-0.25, -0.2) is 8.42 Å². The van der Waals surface area contributed by atoms with Crippen LogP contribution in [0.2, 0.25) is 0 Å². The molecule has 1 aliphatic heterocycles. The minimum Gasteiger partial charge on any atom is -0.371 e. The Morgan fingerprint density at radius 2 is 1.96 bits per heavy atom. The van der Waals surface area contributed by atoms with Gasteiger partial charge >= 0.3 is 6.18 Å². The van der Waals surface area contributed by atoms with E-state index in [0.29, 0.717) is 31.2 Å². The van der Waals surface area contributed by atoms with Gasteiger partial charge in [-0.05, 0) is 42.7 Å². The van der Waals surface area contributed by atoms with E-state index in [1.807, 2.05) is 4.90 Å². The quantitative estimate of drug-likeness (QED) is 0.792. The Balaban J connectivity index is 2.24. The van der Waals surface area contributed by atoms with Crippen LogP contribution in [0.5, 0.6) is 0 Å². The molecule has 0 aliphatic carbocycles. The average molecular weight is 404 g/mol. The highest BCUT2D eigenvalue weighted by atomic mass is 32.2. The molecule has 0 radical (unpaired) electrons. The highest BCUT2D eigenvalue weighted by Gasteiger charge is 2.40. The minimum absolute atomic E-state index is 0.188. The number of H-pyrrole nitrogens is 1. The molecule has 0 amide bonds. The molecule has 0 unspecified atom stereocenters. The second kappa shape index (κ2) is 7.08. The molecule has 148 valence electrons. The number of nitrogens with zero attached hydrogens (tertiary/aromatic N) is 4. The van der Waals surface area contributed by atoms with E-state index in [-0.39, 0.29) is 11.4 Å². The normalized spacial score (nSPS) is 16.7. The van der Waals surface area contributed by atoms with Crippen LogP contribution in [0, 0.1) is 5.92 Å². The van der Waals surface area contributed by atoms with Gasteiger partial charge in [-0.3, -0.25) is 0 Å². The molecule has 0 saturated carbocycles. The van der Waals surface area contributed by atoms with Crippen molar-refractivity contribution in [3.8, 4) is 11.4 Å². The summed E-state index contributed by atoms with van der Waals surface area (Å²) in [6.07, 6.45) is -2.58. The number of nitrogens with two attached hydrogens (primary N) is 1. The van der Waals surface area contributed by atoms with Crippen LogP contribution in [0.4, 0.5) is 18.9 Å². The van der Waals surface area contributed by atoms with E-state index in [4.69, 9.17) is 5.73 Å². The van der Waals surface area contributed by atoms with Crippen molar-refractivity contribution < 1.29 is 21.6 Å². The third-order valence-corrected chi connectivity index (χ3v) is 5.84. The van der Waals surface area contributed by atoms with Crippen LogP contribution in [0.1, 0.15) is 18.4 Å². The van der Waals surface area contributed by atoms with Gasteiger partial charge in [0.05, 0.1) is 16.0 Å². The lowest BCUT2D eigenvalue weighted by atomic mass is 9.95. The van der Waals surface area contributed by atoms with Crippen molar-refractivity contribution in [2.75, 3.05) is 30.8 Å². The number of hydrogen-bond acceptors (Lipinski definition) is 7. The first-order valence-electron chi connectivity index (χ1n) is 8.26. The van der Waals surface area contributed by atoms with Crippen LogP contribution in [0.3, 0.4) is 0 Å². The molecule has 8 nitrogen and oxygen atoms in total. The number of nitrogens with one attached hydrogen (secondary N) is 1. The summed E-state index contributed by atoms with van der Waals surface area (Å²) in [5.41, 5.74) is 4.59. The zero-order valence-corrected chi connectivity index (χ0v) is 15.3. The minimum atomic E-state index is -4.85. The summed E-state index contributed by atoms with van der Waals surface area (Å²) in [6.45, 7) is 1.62. The molecule has 12 heteroatoms. The Labute approximate surface area is 153 Å². The molecule has 1 aromatic carbocycles. The molecule has 27 heavy (non-hydrogen) atoms. The molecule has 1 fully saturated rings. The molecule has 1 aromatic heterocycles. The second-order valence-electron chi connectivity index (χ2n) is 6.51. The van der Waals surface area contributed by atoms with E-state index >= 15 is 0 Å². The maximum atomic E-state index is 13.5. The highest BCUT2D eigenvalue weighted by Crippen LogP contribution is 2.43. The molecule has 0 spiro atoms. The van der Waals surface area contributed by atoms with Gasteiger partial charge in [0.15, 0.2) is 9.84 Å². The Hall–Kier alpha value is -2.21. The van der Waals surface area contributed by atoms with Crippen LogP contribution < -0.4 is 10.6 Å². The SMILES string of the molecule is CS(=O)(=O)c1c(C(F)(F)F)ccc(N2CCC(CN)CC2)c1-c1nn[nH]n1. The molecule has 0 bridgehead atoms. The van der Waals surface area contributed by atoms with E-state index in [0.717, 1.165) is 25.2 Å². The fraction of sp³-hybridized carbons (Fsp3) is 0.533. The summed E-state index contributed by atoms with van der Waals surface area (Å²) in [7, 11) is -4.24. The van der Waals surface area contributed by atoms with Crippen molar-refractivity contribution in [3.63, 3.8) is 0 Å². The molecule has 2 aromatic rings. The number of aromatic nitrogens is 4. The number of piperidine rings is 1. The van der Waals surface area contributed by atoms with Gasteiger partial charge in [0, 0.05) is 25.0 Å². The number of tetrazole rings is 1. The zero-order chi connectivity index (χ0) is 19.8. The van der Waals surface area contributed by atoms with Crippen LogP contribution in [-0.4, -0.2) is 54.9 Å². The summed E-state index contributed by atoms with van der Waals surface area (Å²) in [5, 5.41) is 13.0. The van der Waals surface area contributed by atoms with E-state index in [9.17, 15) is 21.6 Å². The zero-order valence-electron chi connectivity index (χ0n) is 14.5. The first-order chi connectivity index (χ1) is 12.6. The number of sulfone groups is 1. The number of benzene rings is 1. The number of halogens is 3. The number of rotatable bonds is 4. The van der Waals surface area contributed by atoms with Crippen molar-refractivity contribution in [2.24, 2.45) is 11.7 Å². The van der Waals surface area contributed by atoms with Gasteiger partial charge in [-0.1, -0.05) is 0 Å². The lowest BCUT2D eigenvalue weighted by Gasteiger charge is -2.34. The van der Waals surface area contributed by atoms with E-state index < -0.39 is 26.5 Å². The standard InChI is InChI=1S/C15H19F3N6O2S/c1-27(25,26)13-10(15(16,17)18)2-3-11(12(13)14-20-22-23-21-14)24-6-4-9(8-19)5-7-24/h2-3,9H,4-8,19H2,1H3,(H,20,21,22,23). The average Bonchev–Trinajstić information content (AvgIpc) is 3.13. The van der Waals surface area contributed by atoms with Crippen molar-refractivity contribution in [1.82, 2.24) is 20.6 Å². The molecule has 3 rings (SSSR count). The van der Waals surface area contributed by atoms with Gasteiger partial charge < -0.3 is 10.6 Å². The Bertz CT molecular complexity index is 906. The van der Waals surface area contributed by atoms with Gasteiger partial charge in [0.2, 0.25) is 5.82 Å². The molecule has 1 saturated heterocycles. The number of hydrogen-bond donors (Lipinski definition) is 2. The van der Waals surface area contributed by atoms with E-state index in [1.54, 1.807) is 0 Å². The number of alkyl halides is 3. The predicted octanol–water partition coefficient (Wildman–Crippen LogP) is 1.46. The lowest BCUT2D eigenvalue weighted by Crippen LogP contribution is -2.36. The first-order valence-corrected chi connectivity index (χ1v) is 10.1. The maximum Gasteiger partial charge on any atom is 0.417 e. The summed E-state index contributed by atoms with van der Waals surface area (Å²) in [5.74, 6) is 0.135. The van der Waals surface area contributed by atoms with Crippen LogP contribution >= 0.6 is 0 Å². The van der Waals surface area contributed by atoms with Crippen molar-refractivity contribution in [2.45, 2.75) is 23.9 Å². The van der Waals surface area contributed by atoms with Crippen LogP contribution in [0.15, 0.2) is 17.0 Å². The summed E-state index contributed by atoms with van der Waals surface area (Å²) >= 11 is 0. The van der Waals surface area contributed by atoms with Crippen molar-refractivity contribution in [1.29, 1.82) is 0 Å². The smallest absolute Gasteiger partial charge is 0.371 e. The second-order valence-corrected chi connectivity index (χ2v) is 8.46. The van der Waals surface area contributed by atoms with Gasteiger partial charge in [-0.2, -0.15) is 18.4 Å². The molecule has 3 N–H and O–H groups in total. The summed E-state index contributed by atoms with van der Waals surface area (Å²) in [6, 6.07) is 2.07. The Morgan fingerprint density at radius 1 is 1.30 bits per heavy atom. The van der Waals surface area contributed by atoms with E-state index in [1.165, 1.54) is 6.07 Å². The number of aromatic amines is 1. The maximum absolute atomic E-state index is 13.5. The molecule has 2 heterocycles. The van der Waals surface area contributed by atoms with Crippen molar-refractivity contribution in [3.05, 3.63) is 17.7 Å². The molecule has 1 aliphatic rings. The Morgan fingerprint density at radius 3 is 2.44 bits per heavy atom. The van der Waals surface area contributed by atoms with Gasteiger partial charge in [0.1, 0.15) is 0 Å². The van der Waals surface area contributed by atoms with Gasteiger partial charge in [-0.15, -0.1) is 10.2 Å². The molecular weight excluding hydrogens is 385 g/mol. The van der Waals surface area contributed by atoms with Gasteiger partial charge in [0.25, 0.3) is 0 Å². The summed E-state index contributed by atoms with van der Waals surface area (Å²) in [4.78, 5) is 1.00. The highest BCUT2D eigenvalue weighted by molar-refractivity contribution is 7.91. The third kappa shape index (κ3) is 3.90. The first kappa shape index (κ1) is 19.5. The monoisotopic (exact) mass is 404 g/mol. The van der Waals surface area contributed by atoms with E-state index in [2.05, 4.69) is 20.6 Å². The van der Waals surface area contributed by atoms with Crippen molar-refractivity contribution >= 4 is 15.5 Å². The van der Waals surface area contributed by atoms with Crippen LogP contribution in [-0.2, 0) is 16.0 Å². The molecular formula is C15H19F3N6O2S.